The van der Waals surface area contributed by atoms with Crippen LogP contribution in [0.4, 0.5) is 10.2 Å². The summed E-state index contributed by atoms with van der Waals surface area (Å²) in [5.41, 5.74) is 4.20. The smallest absolute Gasteiger partial charge is 0.197 e. The minimum atomic E-state index is -0.260. The standard InChI is InChI=1S/C20H17ClFN5/c1-12-9-13(2)27(26-12)20-19(23-11-14-3-6-16(22)7-4-14)24-17-8-5-15(21)10-18(17)25-20/h3-10H,11H2,1-2H3,(H,23,24). The number of halogens is 2. The van der Waals surface area contributed by atoms with E-state index in [1.165, 1.54) is 12.1 Å². The first kappa shape index (κ1) is 17.4. The molecule has 136 valence electrons. The van der Waals surface area contributed by atoms with Crippen LogP contribution in [0.1, 0.15) is 17.0 Å². The quantitative estimate of drug-likeness (QED) is 0.549. The predicted octanol–water partition coefficient (Wildman–Crippen LogP) is 4.84. The number of rotatable bonds is 4. The first-order chi connectivity index (χ1) is 13.0. The molecule has 0 aliphatic heterocycles. The zero-order chi connectivity index (χ0) is 19.0. The molecule has 0 fully saturated rings. The summed E-state index contributed by atoms with van der Waals surface area (Å²) < 4.78 is 14.9. The summed E-state index contributed by atoms with van der Waals surface area (Å²) in [6, 6.07) is 13.7. The van der Waals surface area contributed by atoms with Crippen molar-refractivity contribution in [3.05, 3.63) is 76.3 Å². The lowest BCUT2D eigenvalue weighted by atomic mass is 10.2. The number of hydrogen-bond donors (Lipinski definition) is 1. The third-order valence-electron chi connectivity index (χ3n) is 4.19. The van der Waals surface area contributed by atoms with E-state index in [1.54, 1.807) is 28.9 Å². The number of nitrogens with zero attached hydrogens (tertiary/aromatic N) is 4. The first-order valence-corrected chi connectivity index (χ1v) is 8.87. The second-order valence-corrected chi connectivity index (χ2v) is 6.78. The van der Waals surface area contributed by atoms with Gasteiger partial charge in [-0.2, -0.15) is 5.10 Å². The highest BCUT2D eigenvalue weighted by atomic mass is 35.5. The predicted molar refractivity (Wildman–Crippen MR) is 105 cm³/mol. The molecule has 27 heavy (non-hydrogen) atoms. The van der Waals surface area contributed by atoms with Crippen LogP contribution in [0.2, 0.25) is 5.02 Å². The highest BCUT2D eigenvalue weighted by Gasteiger charge is 2.14. The van der Waals surface area contributed by atoms with Crippen LogP contribution in [0.5, 0.6) is 0 Å². The summed E-state index contributed by atoms with van der Waals surface area (Å²) in [6.45, 7) is 4.38. The van der Waals surface area contributed by atoms with Gasteiger partial charge in [0.25, 0.3) is 0 Å². The molecule has 2 heterocycles. The lowest BCUT2D eigenvalue weighted by Crippen LogP contribution is -2.11. The van der Waals surface area contributed by atoms with E-state index < -0.39 is 0 Å². The van der Waals surface area contributed by atoms with Crippen LogP contribution < -0.4 is 5.32 Å². The van der Waals surface area contributed by atoms with Crippen molar-refractivity contribution in [1.82, 2.24) is 19.7 Å². The van der Waals surface area contributed by atoms with Gasteiger partial charge in [-0.25, -0.2) is 19.0 Å². The molecule has 0 spiro atoms. The summed E-state index contributed by atoms with van der Waals surface area (Å²) in [5, 5.41) is 8.43. The van der Waals surface area contributed by atoms with Crippen molar-refractivity contribution in [2.75, 3.05) is 5.32 Å². The highest BCUT2D eigenvalue weighted by Crippen LogP contribution is 2.24. The lowest BCUT2D eigenvalue weighted by molar-refractivity contribution is 0.627. The molecule has 7 heteroatoms. The Morgan fingerprint density at radius 2 is 1.78 bits per heavy atom. The molecule has 0 amide bonds. The summed E-state index contributed by atoms with van der Waals surface area (Å²) >= 11 is 6.11. The van der Waals surface area contributed by atoms with Crippen LogP contribution >= 0.6 is 11.6 Å². The van der Waals surface area contributed by atoms with Gasteiger partial charge in [0.2, 0.25) is 0 Å². The maximum absolute atomic E-state index is 13.1. The number of fused-ring (bicyclic) bond motifs is 1. The van der Waals surface area contributed by atoms with E-state index in [9.17, 15) is 4.39 Å². The lowest BCUT2D eigenvalue weighted by Gasteiger charge is -2.13. The molecule has 0 saturated carbocycles. The van der Waals surface area contributed by atoms with Gasteiger partial charge < -0.3 is 5.32 Å². The fourth-order valence-corrected chi connectivity index (χ4v) is 3.08. The van der Waals surface area contributed by atoms with Crippen LogP contribution in [-0.2, 0) is 6.54 Å². The second-order valence-electron chi connectivity index (χ2n) is 6.35. The maximum atomic E-state index is 13.1. The maximum Gasteiger partial charge on any atom is 0.197 e. The van der Waals surface area contributed by atoms with E-state index in [2.05, 4.69) is 10.4 Å². The number of benzene rings is 2. The van der Waals surface area contributed by atoms with E-state index >= 15 is 0 Å². The number of nitrogens with one attached hydrogen (secondary N) is 1. The molecular formula is C20H17ClFN5. The molecule has 5 nitrogen and oxygen atoms in total. The van der Waals surface area contributed by atoms with Gasteiger partial charge in [0, 0.05) is 17.3 Å². The molecule has 0 aliphatic carbocycles. The fourth-order valence-electron chi connectivity index (χ4n) is 2.92. The van der Waals surface area contributed by atoms with Gasteiger partial charge in [-0.3, -0.25) is 0 Å². The van der Waals surface area contributed by atoms with E-state index in [-0.39, 0.29) is 5.82 Å². The van der Waals surface area contributed by atoms with E-state index in [4.69, 9.17) is 21.6 Å². The molecule has 0 aliphatic rings. The topological polar surface area (TPSA) is 55.6 Å². The fraction of sp³-hybridized carbons (Fsp3) is 0.150. The molecule has 1 N–H and O–H groups in total. The number of anilines is 1. The Hall–Kier alpha value is -2.99. The Balaban J connectivity index is 1.79. The minimum absolute atomic E-state index is 0.260. The van der Waals surface area contributed by atoms with Crippen molar-refractivity contribution in [1.29, 1.82) is 0 Å². The third-order valence-corrected chi connectivity index (χ3v) is 4.43. The molecule has 4 aromatic rings. The molecule has 0 unspecified atom stereocenters. The summed E-state index contributed by atoms with van der Waals surface area (Å²) in [7, 11) is 0. The van der Waals surface area contributed by atoms with Gasteiger partial charge >= 0.3 is 0 Å². The van der Waals surface area contributed by atoms with E-state index in [0.29, 0.717) is 28.7 Å². The second kappa shape index (κ2) is 6.96. The number of aromatic nitrogens is 4. The Bertz CT molecular complexity index is 1120. The normalized spacial score (nSPS) is 11.1. The largest absolute Gasteiger partial charge is 0.363 e. The number of aryl methyl sites for hydroxylation is 2. The summed E-state index contributed by atoms with van der Waals surface area (Å²) in [6.07, 6.45) is 0. The van der Waals surface area contributed by atoms with Crippen LogP contribution in [0, 0.1) is 19.7 Å². The van der Waals surface area contributed by atoms with Gasteiger partial charge in [-0.1, -0.05) is 23.7 Å². The van der Waals surface area contributed by atoms with Crippen molar-refractivity contribution in [3.63, 3.8) is 0 Å². The zero-order valence-corrected chi connectivity index (χ0v) is 15.6. The van der Waals surface area contributed by atoms with Gasteiger partial charge in [0.1, 0.15) is 5.82 Å². The van der Waals surface area contributed by atoms with Crippen molar-refractivity contribution in [2.45, 2.75) is 20.4 Å². The van der Waals surface area contributed by atoms with E-state index in [1.807, 2.05) is 26.0 Å². The molecule has 2 aromatic carbocycles. The van der Waals surface area contributed by atoms with Crippen LogP contribution in [0.25, 0.3) is 16.9 Å². The SMILES string of the molecule is Cc1cc(C)n(-c2nc3cc(Cl)ccc3nc2NCc2ccc(F)cc2)n1. The summed E-state index contributed by atoms with van der Waals surface area (Å²) in [4.78, 5) is 9.45. The highest BCUT2D eigenvalue weighted by molar-refractivity contribution is 6.31. The summed E-state index contributed by atoms with van der Waals surface area (Å²) in [5.74, 6) is 0.933. The van der Waals surface area contributed by atoms with Crippen molar-refractivity contribution in [2.24, 2.45) is 0 Å². The average molecular weight is 382 g/mol. The Kier molecular flexibility index (Phi) is 4.49. The zero-order valence-electron chi connectivity index (χ0n) is 14.9. The van der Waals surface area contributed by atoms with Gasteiger partial charge in [-0.05, 0) is 55.8 Å². The molecule has 2 aromatic heterocycles. The average Bonchev–Trinajstić information content (AvgIpc) is 2.98. The Morgan fingerprint density at radius 3 is 2.48 bits per heavy atom. The Labute approximate surface area is 160 Å². The molecule has 0 saturated heterocycles. The first-order valence-electron chi connectivity index (χ1n) is 8.49. The van der Waals surface area contributed by atoms with Crippen LogP contribution in [-0.4, -0.2) is 19.7 Å². The van der Waals surface area contributed by atoms with Crippen LogP contribution in [0.3, 0.4) is 0 Å². The molecule has 0 bridgehead atoms. The molecule has 0 radical (unpaired) electrons. The molecule has 0 atom stereocenters. The van der Waals surface area contributed by atoms with Crippen molar-refractivity contribution < 1.29 is 4.39 Å². The third kappa shape index (κ3) is 3.61. The van der Waals surface area contributed by atoms with Gasteiger partial charge in [-0.15, -0.1) is 0 Å². The van der Waals surface area contributed by atoms with Crippen molar-refractivity contribution >= 4 is 28.5 Å². The van der Waals surface area contributed by atoms with Crippen molar-refractivity contribution in [3.8, 4) is 5.82 Å². The van der Waals surface area contributed by atoms with Crippen LogP contribution in [0.15, 0.2) is 48.5 Å². The molecular weight excluding hydrogens is 365 g/mol. The monoisotopic (exact) mass is 381 g/mol. The minimum Gasteiger partial charge on any atom is -0.363 e. The van der Waals surface area contributed by atoms with Gasteiger partial charge in [0.05, 0.1) is 16.7 Å². The number of hydrogen-bond acceptors (Lipinski definition) is 4. The Morgan fingerprint density at radius 1 is 1.00 bits per heavy atom. The van der Waals surface area contributed by atoms with Gasteiger partial charge in [0.15, 0.2) is 11.6 Å². The molecule has 4 rings (SSSR count). The van der Waals surface area contributed by atoms with E-state index in [0.717, 1.165) is 22.5 Å².